The average Bonchev–Trinajstić information content (AvgIpc) is 3.53. The molecule has 0 radical (unpaired) electrons. The highest BCUT2D eigenvalue weighted by molar-refractivity contribution is 7.14. The number of anilines is 1. The van der Waals surface area contributed by atoms with Gasteiger partial charge in [0.25, 0.3) is 0 Å². The molecule has 1 amide bonds. The monoisotopic (exact) mass is 665 g/mol. The fourth-order valence-electron chi connectivity index (χ4n) is 6.09. The number of hydrogen-bond donors (Lipinski definition) is 0. The smallest absolute Gasteiger partial charge is 0.416 e. The Morgan fingerprint density at radius 1 is 1.02 bits per heavy atom. The molecule has 2 saturated heterocycles. The number of halogens is 3. The summed E-state index contributed by atoms with van der Waals surface area (Å²) in [4.78, 5) is 35.7. The Morgan fingerprint density at radius 3 is 2.45 bits per heavy atom. The summed E-state index contributed by atoms with van der Waals surface area (Å²) in [6.45, 7) is 7.08. The van der Waals surface area contributed by atoms with Crippen molar-refractivity contribution in [3.8, 4) is 28.0 Å². The lowest BCUT2D eigenvalue weighted by atomic mass is 9.96. The second-order valence-corrected chi connectivity index (χ2v) is 13.1. The highest BCUT2D eigenvalue weighted by Crippen LogP contribution is 2.42. The van der Waals surface area contributed by atoms with Crippen molar-refractivity contribution in [1.29, 1.82) is 0 Å². The Labute approximate surface area is 274 Å². The van der Waals surface area contributed by atoms with Crippen molar-refractivity contribution in [3.63, 3.8) is 0 Å². The van der Waals surface area contributed by atoms with E-state index >= 15 is 0 Å². The molecule has 0 N–H and O–H groups in total. The van der Waals surface area contributed by atoms with E-state index in [0.717, 1.165) is 64.6 Å². The predicted molar refractivity (Wildman–Crippen MR) is 173 cm³/mol. The van der Waals surface area contributed by atoms with Crippen LogP contribution in [0.15, 0.2) is 54.6 Å². The van der Waals surface area contributed by atoms with Gasteiger partial charge in [-0.25, -0.2) is 14.6 Å². The third-order valence-electron chi connectivity index (χ3n) is 8.71. The quantitative estimate of drug-likeness (QED) is 0.176. The van der Waals surface area contributed by atoms with Crippen LogP contribution < -0.4 is 9.64 Å². The summed E-state index contributed by atoms with van der Waals surface area (Å²) >= 11 is 1.35. The van der Waals surface area contributed by atoms with Crippen LogP contribution in [0.2, 0.25) is 0 Å². The normalized spacial score (nSPS) is 17.8. The van der Waals surface area contributed by atoms with E-state index in [1.54, 1.807) is 33.1 Å². The number of ether oxygens (including phenoxy) is 3. The largest absolute Gasteiger partial charge is 0.496 e. The number of pyridine rings is 1. The number of carbonyl (C=O) groups is 2. The molecule has 0 saturated carbocycles. The van der Waals surface area contributed by atoms with E-state index in [9.17, 15) is 22.8 Å². The number of hydrogen-bond acceptors (Lipinski definition) is 8. The van der Waals surface area contributed by atoms with E-state index in [0.29, 0.717) is 21.9 Å². The number of alkyl halides is 3. The first-order chi connectivity index (χ1) is 22.4. The minimum Gasteiger partial charge on any atom is -0.496 e. The molecular formula is C35H34F3N3O5S. The van der Waals surface area contributed by atoms with Crippen molar-refractivity contribution in [2.45, 2.75) is 52.1 Å². The van der Waals surface area contributed by atoms with E-state index in [4.69, 9.17) is 19.2 Å². The minimum atomic E-state index is -4.53. The van der Waals surface area contributed by atoms with Crippen LogP contribution in [0.25, 0.3) is 22.3 Å². The predicted octanol–water partition coefficient (Wildman–Crippen LogP) is 8.20. The third-order valence-corrected chi connectivity index (χ3v) is 9.74. The number of esters is 1. The summed E-state index contributed by atoms with van der Waals surface area (Å²) in [5.41, 5.74) is 3.71. The zero-order chi connectivity index (χ0) is 33.6. The fraction of sp³-hybridized carbons (Fsp3) is 0.343. The number of aryl methyl sites for hydroxylation is 2. The topological polar surface area (TPSA) is 81.2 Å². The molecule has 246 valence electrons. The van der Waals surface area contributed by atoms with Crippen molar-refractivity contribution in [2.24, 2.45) is 0 Å². The molecule has 0 spiro atoms. The number of amides is 1. The number of nitrogens with zero attached hydrogens (tertiary/aromatic N) is 3. The number of cyclic esters (lactones) is 1. The van der Waals surface area contributed by atoms with E-state index in [-0.39, 0.29) is 12.1 Å². The molecule has 2 aromatic carbocycles. The third kappa shape index (κ3) is 6.26. The summed E-state index contributed by atoms with van der Waals surface area (Å²) in [6, 6.07) is 14.6. The first-order valence-corrected chi connectivity index (χ1v) is 16.0. The van der Waals surface area contributed by atoms with Crippen molar-refractivity contribution in [3.05, 3.63) is 86.7 Å². The van der Waals surface area contributed by atoms with Gasteiger partial charge in [0.2, 0.25) is 0 Å². The molecule has 2 fully saturated rings. The lowest BCUT2D eigenvalue weighted by molar-refractivity contribution is -0.137. The van der Waals surface area contributed by atoms with Gasteiger partial charge in [-0.05, 0) is 86.3 Å². The molecule has 2 atom stereocenters. The van der Waals surface area contributed by atoms with Gasteiger partial charge < -0.3 is 19.1 Å². The Balaban J connectivity index is 1.39. The number of benzene rings is 2. The summed E-state index contributed by atoms with van der Waals surface area (Å²) in [5, 5.41) is 0. The summed E-state index contributed by atoms with van der Waals surface area (Å²) < 4.78 is 57.3. The lowest BCUT2D eigenvalue weighted by Crippen LogP contribution is -2.38. The summed E-state index contributed by atoms with van der Waals surface area (Å²) in [7, 11) is 2.92. The van der Waals surface area contributed by atoms with Crippen LogP contribution in [0.1, 0.15) is 56.4 Å². The van der Waals surface area contributed by atoms with Gasteiger partial charge in [-0.2, -0.15) is 13.2 Å². The fourth-order valence-corrected chi connectivity index (χ4v) is 7.05. The summed E-state index contributed by atoms with van der Waals surface area (Å²) in [5.74, 6) is 0.951. The average molecular weight is 666 g/mol. The molecule has 8 nitrogen and oxygen atoms in total. The number of aromatic nitrogens is 1. The highest BCUT2D eigenvalue weighted by Gasteiger charge is 2.42. The standard InChI is InChI=1S/C35H34F3N3O5S/c1-19-13-23(15-24(14-19)35(36,37)38)32-20(2)41(34(43)46-32)18-28-25(8-10-31(39-28)40-11-6-12-40)27-16-22(7-9-29(27)44-4)26-17-30(33(42)45-5)47-21(26)3/h7-10,13-17,20,32H,6,11-12,18H2,1-5H3/t20-,32-/m0/s1. The van der Waals surface area contributed by atoms with Gasteiger partial charge in [0, 0.05) is 29.1 Å². The van der Waals surface area contributed by atoms with Crippen LogP contribution in [-0.2, 0) is 22.2 Å². The van der Waals surface area contributed by atoms with Gasteiger partial charge in [0.05, 0.1) is 38.1 Å². The minimum absolute atomic E-state index is 0.0583. The molecule has 6 rings (SSSR count). The van der Waals surface area contributed by atoms with E-state index in [2.05, 4.69) is 4.90 Å². The van der Waals surface area contributed by atoms with Crippen LogP contribution >= 0.6 is 11.3 Å². The van der Waals surface area contributed by atoms with Gasteiger partial charge in [-0.3, -0.25) is 4.90 Å². The molecule has 4 heterocycles. The van der Waals surface area contributed by atoms with Gasteiger partial charge in [0.15, 0.2) is 0 Å². The molecule has 2 aromatic heterocycles. The molecule has 47 heavy (non-hydrogen) atoms. The molecule has 0 bridgehead atoms. The number of carbonyl (C=O) groups excluding carboxylic acids is 2. The van der Waals surface area contributed by atoms with E-state index in [1.165, 1.54) is 23.3 Å². The Morgan fingerprint density at radius 2 is 1.79 bits per heavy atom. The highest BCUT2D eigenvalue weighted by atomic mass is 32.1. The maximum atomic E-state index is 13.6. The maximum absolute atomic E-state index is 13.6. The second-order valence-electron chi connectivity index (χ2n) is 11.8. The van der Waals surface area contributed by atoms with Crippen LogP contribution in [0.5, 0.6) is 5.75 Å². The lowest BCUT2D eigenvalue weighted by Gasteiger charge is -2.33. The zero-order valence-electron chi connectivity index (χ0n) is 26.6. The van der Waals surface area contributed by atoms with Crippen LogP contribution in [0, 0.1) is 13.8 Å². The number of methoxy groups -OCH3 is 2. The number of rotatable bonds is 8. The first kappa shape index (κ1) is 32.4. The number of thiophene rings is 1. The van der Waals surface area contributed by atoms with Gasteiger partial charge in [-0.1, -0.05) is 17.7 Å². The van der Waals surface area contributed by atoms with E-state index < -0.39 is 35.9 Å². The molecule has 12 heteroatoms. The molecule has 0 unspecified atom stereocenters. The van der Waals surface area contributed by atoms with Crippen molar-refractivity contribution < 1.29 is 37.0 Å². The van der Waals surface area contributed by atoms with Crippen LogP contribution in [0.4, 0.5) is 23.8 Å². The molecule has 0 aliphatic carbocycles. The Hall–Kier alpha value is -4.58. The maximum Gasteiger partial charge on any atom is 0.416 e. The van der Waals surface area contributed by atoms with Crippen molar-refractivity contribution in [1.82, 2.24) is 9.88 Å². The van der Waals surface area contributed by atoms with Crippen molar-refractivity contribution >= 4 is 29.2 Å². The van der Waals surface area contributed by atoms with Crippen molar-refractivity contribution in [2.75, 3.05) is 32.2 Å². The molecule has 2 aliphatic heterocycles. The SMILES string of the molecule is COC(=O)c1cc(-c2ccc(OC)c(-c3ccc(N4CCC4)nc3CN3C(=O)O[C@H](c4cc(C)cc(C(F)(F)F)c4)[C@@H]3C)c2)c(C)s1. The van der Waals surface area contributed by atoms with Crippen LogP contribution in [-0.4, -0.2) is 55.3 Å². The van der Waals surface area contributed by atoms with E-state index in [1.807, 2.05) is 37.3 Å². The Bertz CT molecular complexity index is 1850. The molecule has 2 aliphatic rings. The molecular weight excluding hydrogens is 631 g/mol. The first-order valence-electron chi connectivity index (χ1n) is 15.2. The van der Waals surface area contributed by atoms with Crippen LogP contribution in [0.3, 0.4) is 0 Å². The second kappa shape index (κ2) is 12.6. The molecule has 4 aromatic rings. The van der Waals surface area contributed by atoms with Gasteiger partial charge >= 0.3 is 18.2 Å². The van der Waals surface area contributed by atoms with Gasteiger partial charge in [-0.15, -0.1) is 11.3 Å². The summed E-state index contributed by atoms with van der Waals surface area (Å²) in [6.07, 6.45) is -5.01. The Kier molecular flexibility index (Phi) is 8.64. The van der Waals surface area contributed by atoms with Gasteiger partial charge in [0.1, 0.15) is 22.5 Å². The zero-order valence-corrected chi connectivity index (χ0v) is 27.4.